The SMILES string of the molecule is CC[C@H]1O[C@@H](n2ccc3c(NC(=O)c4ccccc4)ncnc32)[C@H](O)[C@@H]1O. The van der Waals surface area contributed by atoms with Gasteiger partial charge >= 0.3 is 0 Å². The summed E-state index contributed by atoms with van der Waals surface area (Å²) in [6.45, 7) is 1.89. The van der Waals surface area contributed by atoms with Crippen molar-refractivity contribution in [3.8, 4) is 0 Å². The maximum absolute atomic E-state index is 12.4. The van der Waals surface area contributed by atoms with Crippen LogP contribution in [0.3, 0.4) is 0 Å². The number of ether oxygens (including phenoxy) is 1. The molecular weight excluding hydrogens is 348 g/mol. The Morgan fingerprint density at radius 1 is 1.19 bits per heavy atom. The van der Waals surface area contributed by atoms with Crippen molar-refractivity contribution < 1.29 is 19.7 Å². The highest BCUT2D eigenvalue weighted by molar-refractivity contribution is 6.07. The summed E-state index contributed by atoms with van der Waals surface area (Å²) in [5, 5.41) is 23.9. The van der Waals surface area contributed by atoms with Crippen molar-refractivity contribution >= 4 is 22.8 Å². The summed E-state index contributed by atoms with van der Waals surface area (Å²) < 4.78 is 7.44. The lowest BCUT2D eigenvalue weighted by molar-refractivity contribution is -0.0352. The molecule has 2 aromatic heterocycles. The zero-order valence-corrected chi connectivity index (χ0v) is 14.7. The summed E-state index contributed by atoms with van der Waals surface area (Å²) in [6.07, 6.45) is 0.405. The number of nitrogens with zero attached hydrogens (tertiary/aromatic N) is 3. The number of fused-ring (bicyclic) bond motifs is 1. The third-order valence-electron chi connectivity index (χ3n) is 4.79. The number of aliphatic hydroxyl groups is 2. The smallest absolute Gasteiger partial charge is 0.256 e. The molecule has 3 N–H and O–H groups in total. The Morgan fingerprint density at radius 3 is 2.67 bits per heavy atom. The molecule has 1 aliphatic heterocycles. The lowest BCUT2D eigenvalue weighted by Gasteiger charge is -2.17. The highest BCUT2D eigenvalue weighted by Gasteiger charge is 2.43. The van der Waals surface area contributed by atoms with Crippen LogP contribution in [0.25, 0.3) is 11.0 Å². The first-order valence-corrected chi connectivity index (χ1v) is 8.79. The molecule has 0 saturated carbocycles. The molecule has 1 amide bonds. The van der Waals surface area contributed by atoms with E-state index in [9.17, 15) is 15.0 Å². The predicted octanol–water partition coefficient (Wildman–Crippen LogP) is 1.71. The van der Waals surface area contributed by atoms with Gasteiger partial charge in [-0.15, -0.1) is 0 Å². The minimum atomic E-state index is -1.07. The fraction of sp³-hybridized carbons (Fsp3) is 0.316. The summed E-state index contributed by atoms with van der Waals surface area (Å²) in [4.78, 5) is 20.9. The van der Waals surface area contributed by atoms with E-state index in [1.165, 1.54) is 6.33 Å². The monoisotopic (exact) mass is 368 g/mol. The second-order valence-electron chi connectivity index (χ2n) is 6.46. The molecule has 0 bridgehead atoms. The minimum Gasteiger partial charge on any atom is -0.388 e. The van der Waals surface area contributed by atoms with Gasteiger partial charge in [0.2, 0.25) is 0 Å². The molecule has 1 aliphatic rings. The van der Waals surface area contributed by atoms with Crippen molar-refractivity contribution in [2.75, 3.05) is 5.32 Å². The second-order valence-corrected chi connectivity index (χ2v) is 6.46. The first kappa shape index (κ1) is 17.6. The van der Waals surface area contributed by atoms with Crippen molar-refractivity contribution in [3.63, 3.8) is 0 Å². The number of benzene rings is 1. The van der Waals surface area contributed by atoms with E-state index >= 15 is 0 Å². The molecule has 4 rings (SSSR count). The van der Waals surface area contributed by atoms with Gasteiger partial charge in [-0.3, -0.25) is 4.79 Å². The van der Waals surface area contributed by atoms with Gasteiger partial charge in [-0.05, 0) is 24.6 Å². The molecule has 8 heteroatoms. The van der Waals surface area contributed by atoms with Crippen LogP contribution in [0.15, 0.2) is 48.9 Å². The number of hydrogen-bond donors (Lipinski definition) is 3. The van der Waals surface area contributed by atoms with Crippen molar-refractivity contribution in [2.45, 2.75) is 37.9 Å². The average Bonchev–Trinajstić information content (AvgIpc) is 3.25. The molecule has 1 aromatic carbocycles. The van der Waals surface area contributed by atoms with E-state index in [0.29, 0.717) is 28.8 Å². The molecule has 0 aliphatic carbocycles. The van der Waals surface area contributed by atoms with Crippen LogP contribution in [-0.2, 0) is 4.74 Å². The topological polar surface area (TPSA) is 110 Å². The van der Waals surface area contributed by atoms with Gasteiger partial charge in [0.05, 0.1) is 11.5 Å². The Hall–Kier alpha value is -2.81. The van der Waals surface area contributed by atoms with Gasteiger partial charge in [-0.25, -0.2) is 9.97 Å². The number of aromatic nitrogens is 3. The van der Waals surface area contributed by atoms with E-state index in [-0.39, 0.29) is 5.91 Å². The molecule has 1 fully saturated rings. The van der Waals surface area contributed by atoms with Gasteiger partial charge in [0.25, 0.3) is 5.91 Å². The number of amides is 1. The lowest BCUT2D eigenvalue weighted by Crippen LogP contribution is -2.31. The maximum Gasteiger partial charge on any atom is 0.256 e. The van der Waals surface area contributed by atoms with Gasteiger partial charge < -0.3 is 24.8 Å². The number of anilines is 1. The van der Waals surface area contributed by atoms with E-state index < -0.39 is 24.5 Å². The van der Waals surface area contributed by atoms with Gasteiger partial charge in [-0.1, -0.05) is 25.1 Å². The molecular formula is C19H20N4O4. The number of aliphatic hydroxyl groups excluding tert-OH is 2. The van der Waals surface area contributed by atoms with Crippen LogP contribution >= 0.6 is 0 Å². The van der Waals surface area contributed by atoms with Crippen LogP contribution in [0.1, 0.15) is 29.9 Å². The second kappa shape index (κ2) is 7.07. The number of carbonyl (C=O) groups excluding carboxylic acids is 1. The Morgan fingerprint density at radius 2 is 1.96 bits per heavy atom. The Balaban J connectivity index is 1.65. The average molecular weight is 368 g/mol. The van der Waals surface area contributed by atoms with Crippen molar-refractivity contribution in [3.05, 3.63) is 54.5 Å². The molecule has 0 spiro atoms. The van der Waals surface area contributed by atoms with Gasteiger partial charge in [0.1, 0.15) is 30.0 Å². The molecule has 3 aromatic rings. The van der Waals surface area contributed by atoms with Crippen molar-refractivity contribution in [1.82, 2.24) is 14.5 Å². The largest absolute Gasteiger partial charge is 0.388 e. The third-order valence-corrected chi connectivity index (χ3v) is 4.79. The zero-order valence-electron chi connectivity index (χ0n) is 14.7. The summed E-state index contributed by atoms with van der Waals surface area (Å²) in [6, 6.07) is 10.6. The standard InChI is InChI=1S/C19H20N4O4/c1-2-13-14(24)15(25)19(27-13)23-9-8-12-16(20-10-21-17(12)23)22-18(26)11-6-4-3-5-7-11/h3-10,13-15,19,24-25H,2H2,1H3,(H,20,21,22,26)/t13-,14-,15-,19-/m1/s1. The number of rotatable bonds is 4. The molecule has 0 radical (unpaired) electrons. The normalized spacial score (nSPS) is 25.0. The summed E-state index contributed by atoms with van der Waals surface area (Å²) in [5.74, 6) is 0.0923. The lowest BCUT2D eigenvalue weighted by atomic mass is 10.1. The first-order valence-electron chi connectivity index (χ1n) is 8.79. The Kier molecular flexibility index (Phi) is 4.61. The van der Waals surface area contributed by atoms with Crippen LogP contribution in [0, 0.1) is 0 Å². The van der Waals surface area contributed by atoms with E-state index in [0.717, 1.165) is 0 Å². The van der Waals surface area contributed by atoms with Crippen LogP contribution in [-0.4, -0.2) is 49.0 Å². The fourth-order valence-electron chi connectivity index (χ4n) is 3.34. The molecule has 140 valence electrons. The van der Waals surface area contributed by atoms with E-state index in [1.54, 1.807) is 41.1 Å². The predicted molar refractivity (Wildman–Crippen MR) is 98.1 cm³/mol. The van der Waals surface area contributed by atoms with Gasteiger partial charge in [0, 0.05) is 11.8 Å². The Bertz CT molecular complexity index is 959. The van der Waals surface area contributed by atoms with Crippen LogP contribution in [0.4, 0.5) is 5.82 Å². The van der Waals surface area contributed by atoms with Gasteiger partial charge in [0.15, 0.2) is 6.23 Å². The third kappa shape index (κ3) is 3.08. The van der Waals surface area contributed by atoms with Crippen LogP contribution in [0.5, 0.6) is 0 Å². The maximum atomic E-state index is 12.4. The summed E-state index contributed by atoms with van der Waals surface area (Å²) in [7, 11) is 0. The highest BCUT2D eigenvalue weighted by Crippen LogP contribution is 2.34. The van der Waals surface area contributed by atoms with Crippen molar-refractivity contribution in [2.24, 2.45) is 0 Å². The molecule has 3 heterocycles. The zero-order chi connectivity index (χ0) is 19.0. The van der Waals surface area contributed by atoms with E-state index in [4.69, 9.17) is 4.74 Å². The summed E-state index contributed by atoms with van der Waals surface area (Å²) in [5.41, 5.74) is 1.02. The van der Waals surface area contributed by atoms with E-state index in [2.05, 4.69) is 15.3 Å². The quantitative estimate of drug-likeness (QED) is 0.647. The first-order chi connectivity index (χ1) is 13.1. The number of nitrogens with one attached hydrogen (secondary N) is 1. The minimum absolute atomic E-state index is 0.276. The van der Waals surface area contributed by atoms with Crippen molar-refractivity contribution in [1.29, 1.82) is 0 Å². The molecule has 27 heavy (non-hydrogen) atoms. The molecule has 0 unspecified atom stereocenters. The van der Waals surface area contributed by atoms with E-state index in [1.807, 2.05) is 13.0 Å². The molecule has 1 saturated heterocycles. The number of hydrogen-bond acceptors (Lipinski definition) is 6. The van der Waals surface area contributed by atoms with Crippen LogP contribution < -0.4 is 5.32 Å². The van der Waals surface area contributed by atoms with Gasteiger partial charge in [-0.2, -0.15) is 0 Å². The molecule has 8 nitrogen and oxygen atoms in total. The Labute approximate surface area is 155 Å². The van der Waals surface area contributed by atoms with Crippen LogP contribution in [0.2, 0.25) is 0 Å². The fourth-order valence-corrected chi connectivity index (χ4v) is 3.34. The highest BCUT2D eigenvalue weighted by atomic mass is 16.6. The molecule has 4 atom stereocenters. The number of carbonyl (C=O) groups is 1. The summed E-state index contributed by atoms with van der Waals surface area (Å²) >= 11 is 0.